The Bertz CT molecular complexity index is 1200. The van der Waals surface area contributed by atoms with Crippen LogP contribution >= 0.6 is 23.2 Å². The van der Waals surface area contributed by atoms with E-state index in [2.05, 4.69) is 27.0 Å². The molecule has 1 aromatic heterocycles. The normalized spacial score (nSPS) is 14.3. The summed E-state index contributed by atoms with van der Waals surface area (Å²) in [5.41, 5.74) is 3.09. The molecule has 2 aromatic carbocycles. The van der Waals surface area contributed by atoms with Crippen LogP contribution in [-0.4, -0.2) is 62.3 Å². The van der Waals surface area contributed by atoms with E-state index in [0.717, 1.165) is 49.5 Å². The second kappa shape index (κ2) is 10.7. The third kappa shape index (κ3) is 4.87. The van der Waals surface area contributed by atoms with E-state index in [4.69, 9.17) is 32.7 Å². The first-order valence-electron chi connectivity index (χ1n) is 11.3. The van der Waals surface area contributed by atoms with E-state index in [9.17, 15) is 4.79 Å². The van der Waals surface area contributed by atoms with Gasteiger partial charge in [0.15, 0.2) is 0 Å². The fourth-order valence-corrected chi connectivity index (χ4v) is 4.51. The average Bonchev–Trinajstić information content (AvgIpc) is 2.86. The van der Waals surface area contributed by atoms with Crippen molar-refractivity contribution >= 4 is 57.1 Å². The van der Waals surface area contributed by atoms with E-state index in [1.165, 1.54) is 6.20 Å². The van der Waals surface area contributed by atoms with Crippen molar-refractivity contribution < 1.29 is 14.3 Å². The number of hydrogen-bond acceptors (Lipinski definition) is 7. The average molecular weight is 503 g/mol. The summed E-state index contributed by atoms with van der Waals surface area (Å²) in [4.78, 5) is 22.1. The Morgan fingerprint density at radius 2 is 1.91 bits per heavy atom. The maximum absolute atomic E-state index is 12.8. The monoisotopic (exact) mass is 502 g/mol. The minimum absolute atomic E-state index is 0.254. The summed E-state index contributed by atoms with van der Waals surface area (Å²) < 4.78 is 11.0. The maximum atomic E-state index is 12.8. The highest BCUT2D eigenvalue weighted by atomic mass is 35.5. The van der Waals surface area contributed by atoms with Gasteiger partial charge in [-0.3, -0.25) is 4.98 Å². The lowest BCUT2D eigenvalue weighted by atomic mass is 10.1. The molecular weight excluding hydrogens is 475 g/mol. The van der Waals surface area contributed by atoms with Gasteiger partial charge >= 0.3 is 5.97 Å². The molecule has 1 saturated heterocycles. The number of halogens is 2. The quantitative estimate of drug-likeness (QED) is 0.421. The van der Waals surface area contributed by atoms with Crippen molar-refractivity contribution in [2.75, 3.05) is 56.7 Å². The molecule has 0 saturated carbocycles. The van der Waals surface area contributed by atoms with Gasteiger partial charge in [0.1, 0.15) is 11.3 Å². The minimum atomic E-state index is -0.466. The largest absolute Gasteiger partial charge is 0.495 e. The number of carbonyl (C=O) groups excluding carboxylic acids is 1. The maximum Gasteiger partial charge on any atom is 0.341 e. The van der Waals surface area contributed by atoms with Crippen molar-refractivity contribution in [1.82, 2.24) is 9.88 Å². The number of benzene rings is 2. The first-order chi connectivity index (χ1) is 16.5. The lowest BCUT2D eigenvalue weighted by Crippen LogP contribution is -2.46. The van der Waals surface area contributed by atoms with Crippen LogP contribution in [0.1, 0.15) is 24.2 Å². The number of anilines is 3. The molecule has 0 atom stereocenters. The first-order valence-corrected chi connectivity index (χ1v) is 12.1. The number of rotatable bonds is 7. The van der Waals surface area contributed by atoms with Gasteiger partial charge in [0.25, 0.3) is 0 Å². The molecule has 0 spiro atoms. The SMILES string of the molecule is CCOC(=O)c1cnc2cc(OC)c(N3CCN(CC)CC3)cc2c1Nc1cccc(Cl)c1Cl. The zero-order valence-corrected chi connectivity index (χ0v) is 21.0. The zero-order valence-electron chi connectivity index (χ0n) is 19.5. The van der Waals surface area contributed by atoms with Crippen LogP contribution in [0.2, 0.25) is 10.0 Å². The molecule has 9 heteroatoms. The molecule has 0 bridgehead atoms. The fourth-order valence-electron chi connectivity index (χ4n) is 4.16. The number of methoxy groups -OCH3 is 1. The topological polar surface area (TPSA) is 66.9 Å². The van der Waals surface area contributed by atoms with Crippen molar-refractivity contribution in [1.29, 1.82) is 0 Å². The van der Waals surface area contributed by atoms with Gasteiger partial charge in [-0.05, 0) is 31.7 Å². The molecule has 1 N–H and O–H groups in total. The second-order valence-corrected chi connectivity index (χ2v) is 8.74. The Kier molecular flexibility index (Phi) is 7.66. The highest BCUT2D eigenvalue weighted by Gasteiger charge is 2.23. The standard InChI is InChI=1S/C25H28Cl2N4O3/c1-4-30-9-11-31(12-10-30)21-13-16-20(14-22(21)33-3)28-15-17(25(32)34-5-2)24(16)29-19-8-6-7-18(26)23(19)27/h6-8,13-15H,4-5,9-12H2,1-3H3,(H,28,29). The number of nitrogens with zero attached hydrogens (tertiary/aromatic N) is 3. The first kappa shape index (κ1) is 24.4. The third-order valence-corrected chi connectivity index (χ3v) is 6.85. The van der Waals surface area contributed by atoms with Crippen molar-refractivity contribution in [2.24, 2.45) is 0 Å². The van der Waals surface area contributed by atoms with E-state index >= 15 is 0 Å². The predicted molar refractivity (Wildman–Crippen MR) is 138 cm³/mol. The minimum Gasteiger partial charge on any atom is -0.495 e. The molecule has 34 heavy (non-hydrogen) atoms. The van der Waals surface area contributed by atoms with Gasteiger partial charge in [0.2, 0.25) is 0 Å². The van der Waals surface area contributed by atoms with Crippen molar-refractivity contribution in [3.63, 3.8) is 0 Å². The predicted octanol–water partition coefficient (Wildman–Crippen LogP) is 5.61. The van der Waals surface area contributed by atoms with E-state index in [1.807, 2.05) is 18.2 Å². The number of fused-ring (bicyclic) bond motifs is 1. The summed E-state index contributed by atoms with van der Waals surface area (Å²) in [6.07, 6.45) is 1.51. The number of aromatic nitrogens is 1. The van der Waals surface area contributed by atoms with Gasteiger partial charge in [-0.15, -0.1) is 0 Å². The molecule has 3 aromatic rings. The number of pyridine rings is 1. The fraction of sp³-hybridized carbons (Fsp3) is 0.360. The lowest BCUT2D eigenvalue weighted by Gasteiger charge is -2.36. The highest BCUT2D eigenvalue weighted by molar-refractivity contribution is 6.43. The highest BCUT2D eigenvalue weighted by Crippen LogP contribution is 2.40. The molecule has 180 valence electrons. The van der Waals surface area contributed by atoms with Crippen LogP contribution in [0.4, 0.5) is 17.1 Å². The summed E-state index contributed by atoms with van der Waals surface area (Å²) in [5, 5.41) is 4.87. The van der Waals surface area contributed by atoms with Crippen LogP contribution < -0.4 is 15.0 Å². The van der Waals surface area contributed by atoms with Gasteiger partial charge in [-0.1, -0.05) is 36.2 Å². The molecule has 1 fully saturated rings. The van der Waals surface area contributed by atoms with Crippen LogP contribution in [0.25, 0.3) is 10.9 Å². The Morgan fingerprint density at radius 3 is 2.59 bits per heavy atom. The smallest absolute Gasteiger partial charge is 0.341 e. The van der Waals surface area contributed by atoms with E-state index in [-0.39, 0.29) is 6.61 Å². The van der Waals surface area contributed by atoms with Crippen LogP contribution in [-0.2, 0) is 4.74 Å². The Balaban J connectivity index is 1.87. The molecular formula is C25H28Cl2N4O3. The molecule has 1 aliphatic heterocycles. The van der Waals surface area contributed by atoms with Crippen molar-refractivity contribution in [2.45, 2.75) is 13.8 Å². The summed E-state index contributed by atoms with van der Waals surface area (Å²) in [6.45, 7) is 8.94. The van der Waals surface area contributed by atoms with Crippen molar-refractivity contribution in [3.05, 3.63) is 52.1 Å². The molecule has 4 rings (SSSR count). The van der Waals surface area contributed by atoms with Gasteiger partial charge in [0, 0.05) is 43.8 Å². The van der Waals surface area contributed by atoms with Gasteiger partial charge in [-0.2, -0.15) is 0 Å². The van der Waals surface area contributed by atoms with E-state index < -0.39 is 5.97 Å². The van der Waals surface area contributed by atoms with Crippen LogP contribution in [0.5, 0.6) is 5.75 Å². The van der Waals surface area contributed by atoms with E-state index in [1.54, 1.807) is 26.2 Å². The van der Waals surface area contributed by atoms with Crippen LogP contribution in [0.3, 0.4) is 0 Å². The number of nitrogens with one attached hydrogen (secondary N) is 1. The van der Waals surface area contributed by atoms with Gasteiger partial charge < -0.3 is 24.6 Å². The number of hydrogen-bond donors (Lipinski definition) is 1. The Labute approximate surface area is 209 Å². The van der Waals surface area contributed by atoms with Crippen molar-refractivity contribution in [3.8, 4) is 5.75 Å². The molecule has 1 aliphatic rings. The number of likely N-dealkylation sites (N-methyl/N-ethyl adjacent to an activating group) is 1. The number of esters is 1. The van der Waals surface area contributed by atoms with E-state index in [0.29, 0.717) is 32.5 Å². The lowest BCUT2D eigenvalue weighted by molar-refractivity contribution is 0.0527. The van der Waals surface area contributed by atoms with Gasteiger partial charge in [0.05, 0.1) is 46.3 Å². The molecule has 0 radical (unpaired) electrons. The summed E-state index contributed by atoms with van der Waals surface area (Å²) in [6, 6.07) is 9.24. The Morgan fingerprint density at radius 1 is 1.15 bits per heavy atom. The summed E-state index contributed by atoms with van der Waals surface area (Å²) in [5.74, 6) is 0.270. The second-order valence-electron chi connectivity index (χ2n) is 7.96. The summed E-state index contributed by atoms with van der Waals surface area (Å²) in [7, 11) is 1.66. The Hall–Kier alpha value is -2.74. The zero-order chi connectivity index (χ0) is 24.2. The molecule has 0 amide bonds. The molecule has 0 aliphatic carbocycles. The molecule has 2 heterocycles. The van der Waals surface area contributed by atoms with Crippen LogP contribution in [0, 0.1) is 0 Å². The number of carbonyl (C=O) groups is 1. The van der Waals surface area contributed by atoms with Gasteiger partial charge in [-0.25, -0.2) is 4.79 Å². The number of piperazine rings is 1. The molecule has 0 unspecified atom stereocenters. The third-order valence-electron chi connectivity index (χ3n) is 6.04. The number of ether oxygens (including phenoxy) is 2. The molecule has 7 nitrogen and oxygen atoms in total. The van der Waals surface area contributed by atoms with Crippen LogP contribution in [0.15, 0.2) is 36.5 Å². The summed E-state index contributed by atoms with van der Waals surface area (Å²) >= 11 is 12.7.